The molecule has 0 aliphatic carbocycles. The molecule has 1 aliphatic rings. The van der Waals surface area contributed by atoms with Gasteiger partial charge in [-0.05, 0) is 12.3 Å². The molecule has 2 heterocycles. The van der Waals surface area contributed by atoms with Crippen molar-refractivity contribution >= 4 is 15.6 Å². The maximum atomic E-state index is 11.8. The van der Waals surface area contributed by atoms with E-state index < -0.39 is 9.84 Å². The predicted octanol–water partition coefficient (Wildman–Crippen LogP) is 0.428. The molecule has 2 rings (SSSR count). The van der Waals surface area contributed by atoms with Gasteiger partial charge in [0, 0.05) is 19.7 Å². The highest BCUT2D eigenvalue weighted by Crippen LogP contribution is 2.23. The first-order valence-corrected chi connectivity index (χ1v) is 7.01. The summed E-state index contributed by atoms with van der Waals surface area (Å²) in [4.78, 5) is 11.8. The minimum absolute atomic E-state index is 0.0160. The first kappa shape index (κ1) is 11.3. The number of nitrogens with zero attached hydrogens (tertiary/aromatic N) is 2. The van der Waals surface area contributed by atoms with Crippen LogP contribution in [0.3, 0.4) is 0 Å². The second-order valence-corrected chi connectivity index (χ2v) is 6.53. The summed E-state index contributed by atoms with van der Waals surface area (Å²) in [5.41, 5.74) is 0.562. The maximum absolute atomic E-state index is 11.8. The van der Waals surface area contributed by atoms with Crippen molar-refractivity contribution in [1.82, 2.24) is 9.78 Å². The van der Waals surface area contributed by atoms with Crippen LogP contribution in [0, 0.1) is 5.92 Å². The third-order valence-electron chi connectivity index (χ3n) is 2.83. The normalized spacial score (nSPS) is 23.4. The molecule has 1 aliphatic heterocycles. The van der Waals surface area contributed by atoms with Gasteiger partial charge in [-0.1, -0.05) is 0 Å². The molecule has 88 valence electrons. The summed E-state index contributed by atoms with van der Waals surface area (Å²) in [7, 11) is -1.14. The first-order valence-electron chi connectivity index (χ1n) is 5.18. The largest absolute Gasteiger partial charge is 0.294 e. The Bertz CT molecular complexity index is 504. The van der Waals surface area contributed by atoms with Gasteiger partial charge in [0.1, 0.15) is 0 Å². The lowest BCUT2D eigenvalue weighted by atomic mass is 10.00. The molecular weight excluding hydrogens is 228 g/mol. The smallest absolute Gasteiger partial charge is 0.166 e. The number of rotatable bonds is 3. The number of aryl methyl sites for hydroxylation is 1. The van der Waals surface area contributed by atoms with Crippen LogP contribution in [0.5, 0.6) is 0 Å². The Morgan fingerprint density at radius 3 is 2.88 bits per heavy atom. The summed E-state index contributed by atoms with van der Waals surface area (Å²) >= 11 is 0. The number of carbonyl (C=O) groups excluding carboxylic acids is 1. The van der Waals surface area contributed by atoms with E-state index in [1.54, 1.807) is 17.9 Å². The third kappa shape index (κ3) is 2.49. The van der Waals surface area contributed by atoms with E-state index in [-0.39, 0.29) is 23.2 Å². The zero-order valence-electron chi connectivity index (χ0n) is 9.09. The SMILES string of the molecule is Cn1cc(C(=O)CC2CCS(=O)(=O)C2)cn1. The molecule has 0 aromatic carbocycles. The van der Waals surface area contributed by atoms with Crippen molar-refractivity contribution in [2.24, 2.45) is 13.0 Å². The van der Waals surface area contributed by atoms with Gasteiger partial charge in [0.2, 0.25) is 0 Å². The van der Waals surface area contributed by atoms with Gasteiger partial charge in [-0.3, -0.25) is 9.48 Å². The lowest BCUT2D eigenvalue weighted by Crippen LogP contribution is -2.10. The predicted molar refractivity (Wildman–Crippen MR) is 58.9 cm³/mol. The standard InChI is InChI=1S/C10H14N2O3S/c1-12-6-9(5-11-12)10(13)4-8-2-3-16(14,15)7-8/h5-6,8H,2-4,7H2,1H3. The Morgan fingerprint density at radius 1 is 1.62 bits per heavy atom. The first-order chi connectivity index (χ1) is 7.46. The van der Waals surface area contributed by atoms with Gasteiger partial charge in [0.05, 0.1) is 23.3 Å². The molecular formula is C10H14N2O3S. The van der Waals surface area contributed by atoms with E-state index in [4.69, 9.17) is 0 Å². The number of hydrogen-bond donors (Lipinski definition) is 0. The van der Waals surface area contributed by atoms with Crippen molar-refractivity contribution in [1.29, 1.82) is 0 Å². The number of ketones is 1. The molecule has 0 spiro atoms. The van der Waals surface area contributed by atoms with Gasteiger partial charge in [0.25, 0.3) is 0 Å². The molecule has 1 aromatic heterocycles. The minimum atomic E-state index is -2.89. The molecule has 1 atom stereocenters. The van der Waals surface area contributed by atoms with Crippen molar-refractivity contribution in [2.75, 3.05) is 11.5 Å². The Morgan fingerprint density at radius 2 is 2.38 bits per heavy atom. The minimum Gasteiger partial charge on any atom is -0.294 e. The molecule has 0 radical (unpaired) electrons. The van der Waals surface area contributed by atoms with Crippen LogP contribution in [0.25, 0.3) is 0 Å². The van der Waals surface area contributed by atoms with Crippen molar-refractivity contribution < 1.29 is 13.2 Å². The topological polar surface area (TPSA) is 69.0 Å². The summed E-state index contributed by atoms with van der Waals surface area (Å²) in [6.07, 6.45) is 4.09. The van der Waals surface area contributed by atoms with Crippen LogP contribution in [-0.2, 0) is 16.9 Å². The second-order valence-electron chi connectivity index (χ2n) is 4.30. The zero-order valence-corrected chi connectivity index (χ0v) is 9.90. The van der Waals surface area contributed by atoms with Crippen LogP contribution in [0.15, 0.2) is 12.4 Å². The molecule has 0 saturated carbocycles. The van der Waals surface area contributed by atoms with Gasteiger partial charge in [-0.2, -0.15) is 5.10 Å². The zero-order chi connectivity index (χ0) is 11.8. The summed E-state index contributed by atoms with van der Waals surface area (Å²) in [5, 5.41) is 3.92. The molecule has 0 N–H and O–H groups in total. The Balaban J connectivity index is 1.99. The molecule has 1 unspecified atom stereocenters. The van der Waals surface area contributed by atoms with Crippen LogP contribution in [0.1, 0.15) is 23.2 Å². The summed E-state index contributed by atoms with van der Waals surface area (Å²) in [6, 6.07) is 0. The van der Waals surface area contributed by atoms with E-state index in [0.29, 0.717) is 18.4 Å². The quantitative estimate of drug-likeness (QED) is 0.721. The van der Waals surface area contributed by atoms with Gasteiger partial charge in [-0.25, -0.2) is 8.42 Å². The van der Waals surface area contributed by atoms with E-state index in [2.05, 4.69) is 5.10 Å². The number of hydrogen-bond acceptors (Lipinski definition) is 4. The average molecular weight is 242 g/mol. The highest BCUT2D eigenvalue weighted by Gasteiger charge is 2.29. The van der Waals surface area contributed by atoms with E-state index >= 15 is 0 Å². The van der Waals surface area contributed by atoms with Crippen LogP contribution < -0.4 is 0 Å². The van der Waals surface area contributed by atoms with Crippen molar-refractivity contribution in [3.05, 3.63) is 18.0 Å². The van der Waals surface area contributed by atoms with Crippen LogP contribution in [0.2, 0.25) is 0 Å². The molecule has 5 nitrogen and oxygen atoms in total. The number of Topliss-reactive ketones (excluding diaryl/α,β-unsaturated/α-hetero) is 1. The Hall–Kier alpha value is -1.17. The molecule has 0 bridgehead atoms. The Kier molecular flexibility index (Phi) is 2.84. The van der Waals surface area contributed by atoms with Gasteiger partial charge in [-0.15, -0.1) is 0 Å². The van der Waals surface area contributed by atoms with E-state index in [9.17, 15) is 13.2 Å². The molecule has 1 fully saturated rings. The van der Waals surface area contributed by atoms with Crippen molar-refractivity contribution in [3.63, 3.8) is 0 Å². The number of carbonyl (C=O) groups is 1. The fraction of sp³-hybridized carbons (Fsp3) is 0.600. The average Bonchev–Trinajstić information content (AvgIpc) is 2.73. The fourth-order valence-corrected chi connectivity index (χ4v) is 3.84. The van der Waals surface area contributed by atoms with Gasteiger partial charge < -0.3 is 0 Å². The van der Waals surface area contributed by atoms with Crippen LogP contribution >= 0.6 is 0 Å². The van der Waals surface area contributed by atoms with Crippen molar-refractivity contribution in [2.45, 2.75) is 12.8 Å². The third-order valence-corrected chi connectivity index (χ3v) is 4.66. The van der Waals surface area contributed by atoms with E-state index in [1.807, 2.05) is 0 Å². The van der Waals surface area contributed by atoms with Crippen LogP contribution in [0.4, 0.5) is 0 Å². The van der Waals surface area contributed by atoms with Crippen LogP contribution in [-0.4, -0.2) is 35.5 Å². The lowest BCUT2D eigenvalue weighted by molar-refractivity contribution is 0.0965. The van der Waals surface area contributed by atoms with Gasteiger partial charge >= 0.3 is 0 Å². The molecule has 16 heavy (non-hydrogen) atoms. The molecule has 6 heteroatoms. The lowest BCUT2D eigenvalue weighted by Gasteiger charge is -2.04. The summed E-state index contributed by atoms with van der Waals surface area (Å²) < 4.78 is 24.0. The number of sulfone groups is 1. The monoisotopic (exact) mass is 242 g/mol. The molecule has 1 aromatic rings. The summed E-state index contributed by atoms with van der Waals surface area (Å²) in [5.74, 6) is 0.338. The molecule has 1 saturated heterocycles. The summed E-state index contributed by atoms with van der Waals surface area (Å²) in [6.45, 7) is 0. The highest BCUT2D eigenvalue weighted by atomic mass is 32.2. The maximum Gasteiger partial charge on any atom is 0.166 e. The number of aromatic nitrogens is 2. The fourth-order valence-electron chi connectivity index (χ4n) is 1.98. The van der Waals surface area contributed by atoms with Gasteiger partial charge in [0.15, 0.2) is 15.6 Å². The molecule has 0 amide bonds. The second kappa shape index (κ2) is 4.01. The van der Waals surface area contributed by atoms with Crippen molar-refractivity contribution in [3.8, 4) is 0 Å². The Labute approximate surface area is 94.4 Å². The van der Waals surface area contributed by atoms with E-state index in [1.165, 1.54) is 6.20 Å². The van der Waals surface area contributed by atoms with E-state index in [0.717, 1.165) is 0 Å². The highest BCUT2D eigenvalue weighted by molar-refractivity contribution is 7.91.